The summed E-state index contributed by atoms with van der Waals surface area (Å²) in [5.41, 5.74) is 2.73. The minimum absolute atomic E-state index is 0.0467. The van der Waals surface area contributed by atoms with Crippen molar-refractivity contribution in [1.29, 1.82) is 0 Å². The molecule has 1 unspecified atom stereocenters. The van der Waals surface area contributed by atoms with Gasteiger partial charge in [-0.2, -0.15) is 0 Å². The predicted octanol–water partition coefficient (Wildman–Crippen LogP) is 2.52. The summed E-state index contributed by atoms with van der Waals surface area (Å²) in [4.78, 5) is 23.0. The first-order valence-electron chi connectivity index (χ1n) is 7.61. The Labute approximate surface area is 135 Å². The average molecular weight is 308 g/mol. The van der Waals surface area contributed by atoms with E-state index in [1.54, 1.807) is 17.1 Å². The van der Waals surface area contributed by atoms with E-state index in [1.165, 1.54) is 0 Å². The van der Waals surface area contributed by atoms with Crippen LogP contribution in [0.15, 0.2) is 53.7 Å². The zero-order chi connectivity index (χ0) is 16.4. The molecule has 2 heterocycles. The molecule has 5 nitrogen and oxygen atoms in total. The van der Waals surface area contributed by atoms with Crippen LogP contribution in [0.5, 0.6) is 0 Å². The fraction of sp³-hybridized carbons (Fsp3) is 0.278. The maximum atomic E-state index is 12.6. The number of hydrogen-bond donors (Lipinski definition) is 0. The van der Waals surface area contributed by atoms with Gasteiger partial charge in [0, 0.05) is 31.4 Å². The van der Waals surface area contributed by atoms with Gasteiger partial charge in [0.2, 0.25) is 0 Å². The Morgan fingerprint density at radius 3 is 2.78 bits per heavy atom. The highest BCUT2D eigenvalue weighted by atomic mass is 16.1. The minimum atomic E-state index is 0.0467. The van der Waals surface area contributed by atoms with E-state index in [1.807, 2.05) is 50.5 Å². The summed E-state index contributed by atoms with van der Waals surface area (Å²) in [6, 6.07) is 11.9. The van der Waals surface area contributed by atoms with Crippen LogP contribution < -0.4 is 5.56 Å². The van der Waals surface area contributed by atoms with E-state index < -0.39 is 0 Å². The van der Waals surface area contributed by atoms with Crippen LogP contribution in [-0.2, 0) is 13.6 Å². The average Bonchev–Trinajstić information content (AvgIpc) is 2.59. The molecule has 0 bridgehead atoms. The van der Waals surface area contributed by atoms with E-state index >= 15 is 0 Å². The predicted molar refractivity (Wildman–Crippen MR) is 91.1 cm³/mol. The van der Waals surface area contributed by atoms with Gasteiger partial charge < -0.3 is 4.57 Å². The zero-order valence-electron chi connectivity index (χ0n) is 13.6. The number of para-hydroxylation sites is 1. The number of pyridine rings is 1. The lowest BCUT2D eigenvalue weighted by molar-refractivity contribution is 0.247. The summed E-state index contributed by atoms with van der Waals surface area (Å²) in [5.74, 6) is 0. The lowest BCUT2D eigenvalue weighted by Crippen LogP contribution is -2.29. The topological polar surface area (TPSA) is 51.0 Å². The summed E-state index contributed by atoms with van der Waals surface area (Å²) >= 11 is 0. The molecule has 0 N–H and O–H groups in total. The Morgan fingerprint density at radius 1 is 1.26 bits per heavy atom. The summed E-state index contributed by atoms with van der Waals surface area (Å²) in [7, 11) is 3.82. The van der Waals surface area contributed by atoms with Gasteiger partial charge in [0.15, 0.2) is 0 Å². The van der Waals surface area contributed by atoms with Gasteiger partial charge in [-0.25, -0.2) is 9.97 Å². The molecule has 0 aliphatic carbocycles. The third-order valence-corrected chi connectivity index (χ3v) is 4.32. The number of aryl methyl sites for hydroxylation is 1. The van der Waals surface area contributed by atoms with Crippen LogP contribution in [-0.4, -0.2) is 26.5 Å². The zero-order valence-corrected chi connectivity index (χ0v) is 13.6. The molecule has 5 heteroatoms. The first-order valence-corrected chi connectivity index (χ1v) is 7.61. The van der Waals surface area contributed by atoms with Gasteiger partial charge in [0.25, 0.3) is 5.56 Å². The molecule has 23 heavy (non-hydrogen) atoms. The molecule has 3 aromatic rings. The lowest BCUT2D eigenvalue weighted by Gasteiger charge is -2.24. The standard InChI is InChI=1S/C18H20N4O/c1-13(16-8-9-19-12-20-16)21(2)11-15-10-14-6-4-5-7-17(14)22(3)18(15)23/h4-10,12-13H,11H2,1-3H3. The largest absolute Gasteiger partial charge is 0.311 e. The van der Waals surface area contributed by atoms with Gasteiger partial charge in [-0.05, 0) is 37.6 Å². The van der Waals surface area contributed by atoms with Crippen molar-refractivity contribution < 1.29 is 0 Å². The molecule has 0 saturated heterocycles. The van der Waals surface area contributed by atoms with E-state index in [2.05, 4.69) is 21.8 Å². The molecular weight excluding hydrogens is 288 g/mol. The highest BCUT2D eigenvalue weighted by Crippen LogP contribution is 2.19. The minimum Gasteiger partial charge on any atom is -0.311 e. The molecule has 3 rings (SSSR count). The van der Waals surface area contributed by atoms with Crippen molar-refractivity contribution in [1.82, 2.24) is 19.4 Å². The Morgan fingerprint density at radius 2 is 2.04 bits per heavy atom. The third kappa shape index (κ3) is 3.00. The van der Waals surface area contributed by atoms with Crippen LogP contribution in [0.25, 0.3) is 10.9 Å². The van der Waals surface area contributed by atoms with Gasteiger partial charge in [-0.1, -0.05) is 18.2 Å². The smallest absolute Gasteiger partial charge is 0.255 e. The molecule has 2 aromatic heterocycles. The van der Waals surface area contributed by atoms with Crippen LogP contribution in [0.3, 0.4) is 0 Å². The van der Waals surface area contributed by atoms with E-state index in [0.717, 1.165) is 22.2 Å². The molecule has 0 radical (unpaired) electrons. The normalized spacial score (nSPS) is 12.7. The summed E-state index contributed by atoms with van der Waals surface area (Å²) in [5, 5.41) is 1.08. The Hall–Kier alpha value is -2.53. The van der Waals surface area contributed by atoms with Crippen molar-refractivity contribution in [3.63, 3.8) is 0 Å². The Kier molecular flexibility index (Phi) is 4.21. The molecule has 118 valence electrons. The highest BCUT2D eigenvalue weighted by Gasteiger charge is 2.15. The second-order valence-electron chi connectivity index (χ2n) is 5.82. The molecule has 0 spiro atoms. The van der Waals surface area contributed by atoms with E-state index in [4.69, 9.17) is 0 Å². The molecule has 0 fully saturated rings. The SMILES string of the molecule is CC(c1ccncn1)N(C)Cc1cc2ccccc2n(C)c1=O. The number of rotatable bonds is 4. The number of nitrogens with zero attached hydrogens (tertiary/aromatic N) is 4. The van der Waals surface area contributed by atoms with Crippen molar-refractivity contribution >= 4 is 10.9 Å². The third-order valence-electron chi connectivity index (χ3n) is 4.32. The fourth-order valence-corrected chi connectivity index (χ4v) is 2.78. The number of fused-ring (bicyclic) bond motifs is 1. The summed E-state index contributed by atoms with van der Waals surface area (Å²) < 4.78 is 1.72. The van der Waals surface area contributed by atoms with E-state index in [0.29, 0.717) is 6.54 Å². The molecule has 1 atom stereocenters. The summed E-state index contributed by atoms with van der Waals surface area (Å²) in [6.07, 6.45) is 3.29. The quantitative estimate of drug-likeness (QED) is 0.743. The molecule has 0 saturated carbocycles. The van der Waals surface area contributed by atoms with Crippen LogP contribution in [0.2, 0.25) is 0 Å². The van der Waals surface area contributed by atoms with Gasteiger partial charge in [-0.15, -0.1) is 0 Å². The van der Waals surface area contributed by atoms with Crippen molar-refractivity contribution in [3.05, 3.63) is 70.5 Å². The van der Waals surface area contributed by atoms with Gasteiger partial charge in [0.05, 0.1) is 11.2 Å². The van der Waals surface area contributed by atoms with Gasteiger partial charge >= 0.3 is 0 Å². The molecule has 1 aromatic carbocycles. The second kappa shape index (κ2) is 6.30. The number of aromatic nitrogens is 3. The molecule has 0 aliphatic rings. The molecular formula is C18H20N4O. The van der Waals surface area contributed by atoms with Crippen molar-refractivity contribution in [3.8, 4) is 0 Å². The van der Waals surface area contributed by atoms with Crippen LogP contribution >= 0.6 is 0 Å². The van der Waals surface area contributed by atoms with Crippen molar-refractivity contribution in [2.24, 2.45) is 7.05 Å². The fourth-order valence-electron chi connectivity index (χ4n) is 2.78. The summed E-state index contributed by atoms with van der Waals surface area (Å²) in [6.45, 7) is 2.65. The number of hydrogen-bond acceptors (Lipinski definition) is 4. The monoisotopic (exact) mass is 308 g/mol. The van der Waals surface area contributed by atoms with Crippen molar-refractivity contribution in [2.45, 2.75) is 19.5 Å². The molecule has 0 aliphatic heterocycles. The lowest BCUT2D eigenvalue weighted by atomic mass is 10.1. The van der Waals surface area contributed by atoms with Crippen molar-refractivity contribution in [2.75, 3.05) is 7.05 Å². The Bertz CT molecular complexity index is 873. The molecule has 0 amide bonds. The second-order valence-corrected chi connectivity index (χ2v) is 5.82. The van der Waals surface area contributed by atoms with Gasteiger partial charge in [-0.3, -0.25) is 9.69 Å². The van der Waals surface area contributed by atoms with E-state index in [-0.39, 0.29) is 11.6 Å². The first-order chi connectivity index (χ1) is 11.1. The highest BCUT2D eigenvalue weighted by molar-refractivity contribution is 5.79. The van der Waals surface area contributed by atoms with Crippen LogP contribution in [0, 0.1) is 0 Å². The van der Waals surface area contributed by atoms with E-state index in [9.17, 15) is 4.79 Å². The Balaban J connectivity index is 1.92. The first kappa shape index (κ1) is 15.4. The van der Waals surface area contributed by atoms with Crippen LogP contribution in [0.4, 0.5) is 0 Å². The number of benzene rings is 1. The maximum absolute atomic E-state index is 12.6. The van der Waals surface area contributed by atoms with Gasteiger partial charge in [0.1, 0.15) is 6.33 Å². The maximum Gasteiger partial charge on any atom is 0.255 e. The van der Waals surface area contributed by atoms with Crippen LogP contribution in [0.1, 0.15) is 24.2 Å².